The van der Waals surface area contributed by atoms with Crippen LogP contribution in [0.25, 0.3) is 0 Å². The molecule has 2 N–H and O–H groups in total. The van der Waals surface area contributed by atoms with Gasteiger partial charge in [-0.2, -0.15) is 0 Å². The highest BCUT2D eigenvalue weighted by Crippen LogP contribution is 2.29. The quantitative estimate of drug-likeness (QED) is 0.788. The number of benzene rings is 1. The SMILES string of the molecule is CS(=O)(=O)C1(C(=O)NC2CCN(c3ccccc3)C2=O)CCNCC1. The van der Waals surface area contributed by atoms with Gasteiger partial charge in [0.15, 0.2) is 14.6 Å². The highest BCUT2D eigenvalue weighted by molar-refractivity contribution is 7.92. The van der Waals surface area contributed by atoms with E-state index < -0.39 is 26.5 Å². The van der Waals surface area contributed by atoms with Gasteiger partial charge in [0, 0.05) is 18.5 Å². The lowest BCUT2D eigenvalue weighted by molar-refractivity contribution is -0.128. The van der Waals surface area contributed by atoms with E-state index >= 15 is 0 Å². The predicted molar refractivity (Wildman–Crippen MR) is 95.0 cm³/mol. The Hall–Kier alpha value is -1.93. The van der Waals surface area contributed by atoms with Gasteiger partial charge in [-0.15, -0.1) is 0 Å². The van der Waals surface area contributed by atoms with Gasteiger partial charge in [-0.25, -0.2) is 8.42 Å². The molecule has 8 heteroatoms. The summed E-state index contributed by atoms with van der Waals surface area (Å²) < 4.78 is 23.2. The molecule has 2 saturated heterocycles. The summed E-state index contributed by atoms with van der Waals surface area (Å²) in [5.74, 6) is -0.748. The average Bonchev–Trinajstić information content (AvgIpc) is 2.96. The van der Waals surface area contributed by atoms with Gasteiger partial charge in [0.05, 0.1) is 0 Å². The Balaban J connectivity index is 1.76. The molecule has 7 nitrogen and oxygen atoms in total. The van der Waals surface area contributed by atoms with Crippen LogP contribution in [0.1, 0.15) is 19.3 Å². The maximum absolute atomic E-state index is 12.8. The van der Waals surface area contributed by atoms with Crippen LogP contribution in [0.4, 0.5) is 5.69 Å². The van der Waals surface area contributed by atoms with Crippen molar-refractivity contribution < 1.29 is 18.0 Å². The maximum Gasteiger partial charge on any atom is 0.249 e. The highest BCUT2D eigenvalue weighted by Gasteiger charge is 2.50. The molecule has 2 heterocycles. The van der Waals surface area contributed by atoms with Gasteiger partial charge in [-0.05, 0) is 44.5 Å². The Morgan fingerprint density at radius 1 is 1.24 bits per heavy atom. The Bertz CT molecular complexity index is 757. The molecule has 1 aromatic rings. The second-order valence-corrected chi connectivity index (χ2v) is 8.98. The molecule has 0 saturated carbocycles. The number of amides is 2. The van der Waals surface area contributed by atoms with Gasteiger partial charge in [0.25, 0.3) is 0 Å². The van der Waals surface area contributed by atoms with Crippen molar-refractivity contribution in [1.29, 1.82) is 0 Å². The standard InChI is InChI=1S/C17H23N3O4S/c1-25(23,24)17(8-10-18-11-9-17)16(22)19-14-7-12-20(15(14)21)13-5-3-2-4-6-13/h2-6,14,18H,7-12H2,1H3,(H,19,22). The average molecular weight is 365 g/mol. The molecule has 1 atom stereocenters. The van der Waals surface area contributed by atoms with Crippen LogP contribution in [0.5, 0.6) is 0 Å². The first-order valence-electron chi connectivity index (χ1n) is 8.43. The molecule has 0 aromatic heterocycles. The predicted octanol–water partition coefficient (Wildman–Crippen LogP) is 0.0749. The van der Waals surface area contributed by atoms with Gasteiger partial charge in [0.1, 0.15) is 6.04 Å². The molecule has 0 radical (unpaired) electrons. The van der Waals surface area contributed by atoms with Crippen molar-refractivity contribution in [2.75, 3.05) is 30.8 Å². The van der Waals surface area contributed by atoms with E-state index in [1.807, 2.05) is 30.3 Å². The Morgan fingerprint density at radius 3 is 2.48 bits per heavy atom. The van der Waals surface area contributed by atoms with Gasteiger partial charge >= 0.3 is 0 Å². The molecule has 136 valence electrons. The van der Waals surface area contributed by atoms with Crippen molar-refractivity contribution in [2.45, 2.75) is 30.1 Å². The molecular weight excluding hydrogens is 342 g/mol. The molecule has 1 aromatic carbocycles. The Kier molecular flexibility index (Phi) is 4.83. The largest absolute Gasteiger partial charge is 0.343 e. The lowest BCUT2D eigenvalue weighted by Gasteiger charge is -2.35. The number of carbonyl (C=O) groups excluding carboxylic acids is 2. The van der Waals surface area contributed by atoms with Crippen molar-refractivity contribution in [3.8, 4) is 0 Å². The zero-order valence-electron chi connectivity index (χ0n) is 14.2. The molecule has 0 spiro atoms. The van der Waals surface area contributed by atoms with E-state index in [2.05, 4.69) is 10.6 Å². The number of carbonyl (C=O) groups is 2. The monoisotopic (exact) mass is 365 g/mol. The first kappa shape index (κ1) is 17.9. The second-order valence-electron chi connectivity index (χ2n) is 6.66. The zero-order valence-corrected chi connectivity index (χ0v) is 15.0. The summed E-state index contributed by atoms with van der Waals surface area (Å²) in [5.41, 5.74) is 0.781. The summed E-state index contributed by atoms with van der Waals surface area (Å²) >= 11 is 0. The van der Waals surface area contributed by atoms with E-state index in [1.54, 1.807) is 4.90 Å². The molecule has 0 aliphatic carbocycles. The Labute approximate surface area is 147 Å². The molecule has 3 rings (SSSR count). The molecule has 25 heavy (non-hydrogen) atoms. The number of anilines is 1. The van der Waals surface area contributed by atoms with Crippen LogP contribution in [0, 0.1) is 0 Å². The third-order valence-electron chi connectivity index (χ3n) is 5.11. The van der Waals surface area contributed by atoms with Crippen LogP contribution in [0.2, 0.25) is 0 Å². The summed E-state index contributed by atoms with van der Waals surface area (Å²) in [6.45, 7) is 1.44. The summed E-state index contributed by atoms with van der Waals surface area (Å²) in [4.78, 5) is 27.1. The Morgan fingerprint density at radius 2 is 1.88 bits per heavy atom. The molecule has 0 bridgehead atoms. The van der Waals surface area contributed by atoms with Crippen molar-refractivity contribution in [3.63, 3.8) is 0 Å². The third-order valence-corrected chi connectivity index (χ3v) is 7.13. The number of para-hydroxylation sites is 1. The summed E-state index contributed by atoms with van der Waals surface area (Å²) in [7, 11) is -3.59. The molecule has 2 aliphatic heterocycles. The zero-order chi connectivity index (χ0) is 18.1. The number of hydrogen-bond donors (Lipinski definition) is 2. The third kappa shape index (κ3) is 3.28. The smallest absolute Gasteiger partial charge is 0.249 e. The molecule has 1 unspecified atom stereocenters. The molecule has 2 aliphatic rings. The summed E-state index contributed by atoms with van der Waals surface area (Å²) in [5, 5.41) is 5.79. The normalized spacial score (nSPS) is 23.5. The number of rotatable bonds is 4. The van der Waals surface area contributed by atoms with Crippen LogP contribution in [-0.4, -0.2) is 56.9 Å². The van der Waals surface area contributed by atoms with Crippen LogP contribution in [-0.2, 0) is 19.4 Å². The van der Waals surface area contributed by atoms with Crippen LogP contribution in [0.15, 0.2) is 30.3 Å². The van der Waals surface area contributed by atoms with Crippen LogP contribution < -0.4 is 15.5 Å². The number of nitrogens with one attached hydrogen (secondary N) is 2. The molecular formula is C17H23N3O4S. The van der Waals surface area contributed by atoms with Crippen molar-refractivity contribution in [2.24, 2.45) is 0 Å². The minimum absolute atomic E-state index is 0.197. The fourth-order valence-corrected chi connectivity index (χ4v) is 4.91. The van der Waals surface area contributed by atoms with E-state index in [0.717, 1.165) is 11.9 Å². The van der Waals surface area contributed by atoms with Crippen LogP contribution in [0.3, 0.4) is 0 Å². The van der Waals surface area contributed by atoms with E-state index in [0.29, 0.717) is 26.1 Å². The van der Waals surface area contributed by atoms with Crippen molar-refractivity contribution in [3.05, 3.63) is 30.3 Å². The van der Waals surface area contributed by atoms with Crippen LogP contribution >= 0.6 is 0 Å². The minimum Gasteiger partial charge on any atom is -0.343 e. The summed E-state index contributed by atoms with van der Waals surface area (Å²) in [6.07, 6.45) is 2.02. The fourth-order valence-electron chi connectivity index (χ4n) is 3.56. The molecule has 2 fully saturated rings. The van der Waals surface area contributed by atoms with Gasteiger partial charge in [-0.3, -0.25) is 9.59 Å². The number of hydrogen-bond acceptors (Lipinski definition) is 5. The maximum atomic E-state index is 12.8. The lowest BCUT2D eigenvalue weighted by atomic mass is 9.95. The van der Waals surface area contributed by atoms with Gasteiger partial charge in [-0.1, -0.05) is 18.2 Å². The second kappa shape index (κ2) is 6.76. The number of nitrogens with zero attached hydrogens (tertiary/aromatic N) is 1. The van der Waals surface area contributed by atoms with E-state index in [4.69, 9.17) is 0 Å². The van der Waals surface area contributed by atoms with E-state index in [1.165, 1.54) is 0 Å². The van der Waals surface area contributed by atoms with E-state index in [-0.39, 0.29) is 18.7 Å². The number of piperidine rings is 1. The molecule has 2 amide bonds. The topological polar surface area (TPSA) is 95.6 Å². The fraction of sp³-hybridized carbons (Fsp3) is 0.529. The van der Waals surface area contributed by atoms with Gasteiger partial charge < -0.3 is 15.5 Å². The minimum atomic E-state index is -3.59. The number of sulfone groups is 1. The van der Waals surface area contributed by atoms with Gasteiger partial charge in [0.2, 0.25) is 11.8 Å². The first-order chi connectivity index (χ1) is 11.8. The van der Waals surface area contributed by atoms with E-state index in [9.17, 15) is 18.0 Å². The van der Waals surface area contributed by atoms with Crippen molar-refractivity contribution >= 4 is 27.3 Å². The highest BCUT2D eigenvalue weighted by atomic mass is 32.2. The lowest BCUT2D eigenvalue weighted by Crippen LogP contribution is -2.59. The first-order valence-corrected chi connectivity index (χ1v) is 10.3. The van der Waals surface area contributed by atoms with Crippen molar-refractivity contribution in [1.82, 2.24) is 10.6 Å². The summed E-state index contributed by atoms with van der Waals surface area (Å²) in [6, 6.07) is 8.57.